The summed E-state index contributed by atoms with van der Waals surface area (Å²) in [7, 11) is 0. The lowest BCUT2D eigenvalue weighted by Crippen LogP contribution is -2.46. The summed E-state index contributed by atoms with van der Waals surface area (Å²) in [6.07, 6.45) is 2.00. The molecule has 1 heterocycles. The van der Waals surface area contributed by atoms with Crippen LogP contribution < -0.4 is 5.32 Å². The summed E-state index contributed by atoms with van der Waals surface area (Å²) in [5.74, 6) is -1.78. The van der Waals surface area contributed by atoms with E-state index in [9.17, 15) is 13.6 Å². The summed E-state index contributed by atoms with van der Waals surface area (Å²) in [5, 5.41) is 12.7. The maximum absolute atomic E-state index is 14.4. The van der Waals surface area contributed by atoms with E-state index in [1.165, 1.54) is 6.07 Å². The smallest absolute Gasteiger partial charge is 0.225 e. The number of benzene rings is 2. The Kier molecular flexibility index (Phi) is 6.94. The van der Waals surface area contributed by atoms with Crippen LogP contribution in [0.3, 0.4) is 0 Å². The third-order valence-corrected chi connectivity index (χ3v) is 6.06. The first-order chi connectivity index (χ1) is 14.4. The molecule has 1 unspecified atom stereocenters. The van der Waals surface area contributed by atoms with Crippen LogP contribution in [0, 0.1) is 23.0 Å². The predicted octanol–water partition coefficient (Wildman–Crippen LogP) is 5.30. The zero-order chi connectivity index (χ0) is 21.8. The number of nitrogens with zero attached hydrogens (tertiary/aromatic N) is 2. The van der Waals surface area contributed by atoms with E-state index < -0.39 is 11.6 Å². The van der Waals surface area contributed by atoms with E-state index in [1.54, 1.807) is 24.3 Å². The first-order valence-electron chi connectivity index (χ1n) is 10.1. The zero-order valence-corrected chi connectivity index (χ0v) is 17.7. The summed E-state index contributed by atoms with van der Waals surface area (Å²) in [5.41, 5.74) is 1.28. The van der Waals surface area contributed by atoms with Gasteiger partial charge < -0.3 is 10.2 Å². The van der Waals surface area contributed by atoms with Crippen LogP contribution in [0.4, 0.5) is 14.5 Å². The molecule has 0 radical (unpaired) electrons. The molecule has 1 aliphatic rings. The van der Waals surface area contributed by atoms with Crippen molar-refractivity contribution in [3.63, 3.8) is 0 Å². The molecule has 7 heteroatoms. The minimum Gasteiger partial charge on any atom is -0.380 e. The second kappa shape index (κ2) is 9.44. The minimum absolute atomic E-state index is 0.0113. The highest BCUT2D eigenvalue weighted by Crippen LogP contribution is 2.31. The number of hydrogen-bond acceptors (Lipinski definition) is 3. The van der Waals surface area contributed by atoms with Crippen molar-refractivity contribution < 1.29 is 13.6 Å². The molecule has 1 N–H and O–H groups in total. The summed E-state index contributed by atoms with van der Waals surface area (Å²) >= 11 is 6.14. The largest absolute Gasteiger partial charge is 0.380 e. The molecule has 1 aliphatic heterocycles. The fourth-order valence-electron chi connectivity index (χ4n) is 4.19. The van der Waals surface area contributed by atoms with Crippen molar-refractivity contribution in [2.75, 3.05) is 5.32 Å². The van der Waals surface area contributed by atoms with Gasteiger partial charge >= 0.3 is 0 Å². The number of halogens is 3. The number of rotatable bonds is 7. The third-order valence-electron chi connectivity index (χ3n) is 5.74. The van der Waals surface area contributed by atoms with Gasteiger partial charge in [-0.2, -0.15) is 5.26 Å². The van der Waals surface area contributed by atoms with Crippen molar-refractivity contribution in [1.29, 1.82) is 5.26 Å². The Bertz CT molecular complexity index is 971. The number of amides is 1. The van der Waals surface area contributed by atoms with Gasteiger partial charge in [0.2, 0.25) is 5.91 Å². The number of likely N-dealkylation sites (tertiary alicyclic amines) is 1. The van der Waals surface area contributed by atoms with Crippen molar-refractivity contribution in [3.8, 4) is 6.07 Å². The van der Waals surface area contributed by atoms with E-state index in [0.717, 1.165) is 18.9 Å². The maximum Gasteiger partial charge on any atom is 0.225 e. The molecule has 3 rings (SSSR count). The standard InChI is InChI=1S/C23H24ClF2N3O/c1-3-17(4-2)29-21(10-14-6-5-7-19(25)23(14)26)20(12-22(29)30)28-16-9-8-15(13-27)18(24)11-16/h5-9,11,17,20-21,28H,3-4,10,12H2,1-2H3/t20-,21?/m0/s1. The molecule has 1 fully saturated rings. The summed E-state index contributed by atoms with van der Waals surface area (Å²) < 4.78 is 28.2. The van der Waals surface area contributed by atoms with E-state index in [2.05, 4.69) is 5.32 Å². The van der Waals surface area contributed by atoms with Crippen LogP contribution in [0.25, 0.3) is 0 Å². The molecule has 4 nitrogen and oxygen atoms in total. The van der Waals surface area contributed by atoms with Gasteiger partial charge in [0.25, 0.3) is 0 Å². The molecule has 0 spiro atoms. The average Bonchev–Trinajstić information content (AvgIpc) is 3.02. The van der Waals surface area contributed by atoms with Crippen LogP contribution in [0.2, 0.25) is 5.02 Å². The van der Waals surface area contributed by atoms with E-state index >= 15 is 0 Å². The molecule has 0 aliphatic carbocycles. The number of anilines is 1. The first kappa shape index (κ1) is 22.0. The first-order valence-corrected chi connectivity index (χ1v) is 10.5. The Morgan fingerprint density at radius 2 is 2.00 bits per heavy atom. The van der Waals surface area contributed by atoms with Gasteiger partial charge in [0, 0.05) is 18.2 Å². The summed E-state index contributed by atoms with van der Waals surface area (Å²) in [4.78, 5) is 14.7. The van der Waals surface area contributed by atoms with E-state index in [-0.39, 0.29) is 42.4 Å². The lowest BCUT2D eigenvalue weighted by molar-refractivity contribution is -0.131. The van der Waals surface area contributed by atoms with Crippen LogP contribution >= 0.6 is 11.6 Å². The molecular weight excluding hydrogens is 408 g/mol. The molecule has 2 atom stereocenters. The van der Waals surface area contributed by atoms with Gasteiger partial charge in [-0.25, -0.2) is 8.78 Å². The quantitative estimate of drug-likeness (QED) is 0.647. The van der Waals surface area contributed by atoms with Crippen LogP contribution in [0.1, 0.15) is 44.2 Å². The van der Waals surface area contributed by atoms with Gasteiger partial charge in [-0.15, -0.1) is 0 Å². The molecular formula is C23H24ClF2N3O. The zero-order valence-electron chi connectivity index (χ0n) is 17.0. The number of nitrogens with one attached hydrogen (secondary N) is 1. The second-order valence-corrected chi connectivity index (χ2v) is 7.92. The van der Waals surface area contributed by atoms with Crippen LogP contribution in [0.15, 0.2) is 36.4 Å². The molecule has 1 saturated heterocycles. The molecule has 0 aromatic heterocycles. The van der Waals surface area contributed by atoms with Crippen molar-refractivity contribution >= 4 is 23.2 Å². The van der Waals surface area contributed by atoms with Crippen molar-refractivity contribution in [2.45, 2.75) is 57.7 Å². The topological polar surface area (TPSA) is 56.1 Å². The Hall–Kier alpha value is -2.65. The number of carbonyl (C=O) groups excluding carboxylic acids is 1. The number of hydrogen-bond donors (Lipinski definition) is 1. The Labute approximate surface area is 180 Å². The molecule has 158 valence electrons. The second-order valence-electron chi connectivity index (χ2n) is 7.52. The van der Waals surface area contributed by atoms with Gasteiger partial charge in [-0.1, -0.05) is 37.6 Å². The number of nitriles is 1. The van der Waals surface area contributed by atoms with Crippen molar-refractivity contribution in [2.24, 2.45) is 0 Å². The summed E-state index contributed by atoms with van der Waals surface area (Å²) in [6, 6.07) is 10.5. The molecule has 0 saturated carbocycles. The molecule has 0 bridgehead atoms. The lowest BCUT2D eigenvalue weighted by atomic mass is 9.97. The molecule has 2 aromatic carbocycles. The minimum atomic E-state index is -0.894. The summed E-state index contributed by atoms with van der Waals surface area (Å²) in [6.45, 7) is 4.03. The van der Waals surface area contributed by atoms with Crippen molar-refractivity contribution in [1.82, 2.24) is 4.90 Å². The van der Waals surface area contributed by atoms with Gasteiger partial charge in [0.1, 0.15) is 6.07 Å². The van der Waals surface area contributed by atoms with Gasteiger partial charge in [0.05, 0.1) is 22.7 Å². The Morgan fingerprint density at radius 1 is 1.27 bits per heavy atom. The highest BCUT2D eigenvalue weighted by Gasteiger charge is 2.42. The van der Waals surface area contributed by atoms with E-state index in [0.29, 0.717) is 16.3 Å². The SMILES string of the molecule is CCC(CC)N1C(=O)C[C@H](Nc2ccc(C#N)c(Cl)c2)C1Cc1cccc(F)c1F. The Balaban J connectivity index is 1.93. The monoisotopic (exact) mass is 431 g/mol. The predicted molar refractivity (Wildman–Crippen MR) is 113 cm³/mol. The molecule has 1 amide bonds. The Morgan fingerprint density at radius 3 is 2.63 bits per heavy atom. The van der Waals surface area contributed by atoms with Crippen LogP contribution in [-0.4, -0.2) is 28.9 Å². The lowest BCUT2D eigenvalue weighted by Gasteiger charge is -2.35. The maximum atomic E-state index is 14.4. The average molecular weight is 432 g/mol. The van der Waals surface area contributed by atoms with Crippen LogP contribution in [-0.2, 0) is 11.2 Å². The molecule has 2 aromatic rings. The number of carbonyl (C=O) groups is 1. The third kappa shape index (κ3) is 4.41. The van der Waals surface area contributed by atoms with Gasteiger partial charge in [0.15, 0.2) is 11.6 Å². The van der Waals surface area contributed by atoms with Gasteiger partial charge in [-0.05, 0) is 49.1 Å². The van der Waals surface area contributed by atoms with Crippen molar-refractivity contribution in [3.05, 3.63) is 64.2 Å². The van der Waals surface area contributed by atoms with E-state index in [4.69, 9.17) is 16.9 Å². The molecule has 30 heavy (non-hydrogen) atoms. The fourth-order valence-corrected chi connectivity index (χ4v) is 4.42. The highest BCUT2D eigenvalue weighted by molar-refractivity contribution is 6.32. The van der Waals surface area contributed by atoms with Gasteiger partial charge in [-0.3, -0.25) is 4.79 Å². The normalized spacial score (nSPS) is 18.7. The van der Waals surface area contributed by atoms with E-state index in [1.807, 2.05) is 24.8 Å². The highest BCUT2D eigenvalue weighted by atomic mass is 35.5. The fraction of sp³-hybridized carbons (Fsp3) is 0.391. The van der Waals surface area contributed by atoms with Crippen LogP contribution in [0.5, 0.6) is 0 Å².